The molecule has 2 rings (SSSR count). The maximum atomic E-state index is 10.8. The summed E-state index contributed by atoms with van der Waals surface area (Å²) < 4.78 is 0. The Hall–Kier alpha value is -1.92. The fraction of sp³-hybridized carbons (Fsp3) is 0.556. The first-order valence-electron chi connectivity index (χ1n) is 5.02. The highest BCUT2D eigenvalue weighted by Crippen LogP contribution is 2.35. The summed E-state index contributed by atoms with van der Waals surface area (Å²) in [5.41, 5.74) is 0. The smallest absolute Gasteiger partial charge is 0.340 e. The number of nitro groups is 1. The van der Waals surface area contributed by atoms with Gasteiger partial charge >= 0.3 is 5.82 Å². The maximum Gasteiger partial charge on any atom is 0.340 e. The van der Waals surface area contributed by atoms with Gasteiger partial charge in [0.25, 0.3) is 0 Å². The van der Waals surface area contributed by atoms with Gasteiger partial charge in [-0.1, -0.05) is 0 Å². The molecule has 7 nitrogen and oxygen atoms in total. The minimum atomic E-state index is -0.500. The van der Waals surface area contributed by atoms with Crippen LogP contribution in [0.1, 0.15) is 31.5 Å². The highest BCUT2D eigenvalue weighted by Gasteiger charge is 2.35. The lowest BCUT2D eigenvalue weighted by Gasteiger charge is -2.32. The Bertz CT molecular complexity index is 422. The van der Waals surface area contributed by atoms with Crippen LogP contribution in [-0.4, -0.2) is 26.8 Å². The second-order valence-electron chi connectivity index (χ2n) is 3.98. The summed E-state index contributed by atoms with van der Waals surface area (Å²) in [5.74, 6) is 0.686. The Kier molecular flexibility index (Phi) is 2.59. The van der Waals surface area contributed by atoms with Crippen LogP contribution >= 0.6 is 0 Å². The van der Waals surface area contributed by atoms with Gasteiger partial charge in [0, 0.05) is 18.9 Å². The number of carbonyl (C=O) groups is 1. The molecule has 1 aromatic heterocycles. The molecule has 1 saturated carbocycles. The van der Waals surface area contributed by atoms with Crippen molar-refractivity contribution in [3.63, 3.8) is 0 Å². The number of nitrogens with zero attached hydrogens (tertiary/aromatic N) is 2. The van der Waals surface area contributed by atoms with Crippen molar-refractivity contribution in [3.05, 3.63) is 22.1 Å². The third-order valence-electron chi connectivity index (χ3n) is 2.71. The lowest BCUT2D eigenvalue weighted by atomic mass is 9.80. The minimum absolute atomic E-state index is 0.0473. The van der Waals surface area contributed by atoms with Crippen LogP contribution < -0.4 is 5.32 Å². The van der Waals surface area contributed by atoms with E-state index in [4.69, 9.17) is 0 Å². The molecular formula is C9H12N4O3. The summed E-state index contributed by atoms with van der Waals surface area (Å²) in [6.45, 7) is 1.48. The number of carbonyl (C=O) groups excluding carboxylic acids is 1. The summed E-state index contributed by atoms with van der Waals surface area (Å²) in [5, 5.41) is 13.2. The Balaban J connectivity index is 1.91. The lowest BCUT2D eigenvalue weighted by Crippen LogP contribution is -2.42. The summed E-state index contributed by atoms with van der Waals surface area (Å²) in [6, 6.07) is 0.173. The Morgan fingerprint density at radius 3 is 2.88 bits per heavy atom. The number of amides is 1. The van der Waals surface area contributed by atoms with Crippen molar-refractivity contribution in [1.29, 1.82) is 0 Å². The number of H-pyrrole nitrogens is 1. The normalized spacial score (nSPS) is 23.6. The summed E-state index contributed by atoms with van der Waals surface area (Å²) >= 11 is 0. The van der Waals surface area contributed by atoms with Gasteiger partial charge in [-0.15, -0.1) is 0 Å². The van der Waals surface area contributed by atoms with E-state index in [0.29, 0.717) is 5.82 Å². The molecule has 0 bridgehead atoms. The van der Waals surface area contributed by atoms with Crippen LogP contribution in [0.2, 0.25) is 0 Å². The largest absolute Gasteiger partial charge is 0.358 e. The zero-order valence-corrected chi connectivity index (χ0v) is 8.77. The van der Waals surface area contributed by atoms with E-state index in [0.717, 1.165) is 12.8 Å². The molecule has 1 aromatic rings. The third kappa shape index (κ3) is 2.02. The van der Waals surface area contributed by atoms with Crippen molar-refractivity contribution in [2.75, 3.05) is 0 Å². The van der Waals surface area contributed by atoms with Crippen molar-refractivity contribution in [3.8, 4) is 0 Å². The number of aromatic nitrogens is 2. The quantitative estimate of drug-likeness (QED) is 0.582. The predicted octanol–water partition coefficient (Wildman–Crippen LogP) is 0.700. The summed E-state index contributed by atoms with van der Waals surface area (Å²) in [7, 11) is 0. The lowest BCUT2D eigenvalue weighted by molar-refractivity contribution is -0.389. The molecule has 2 N–H and O–H groups in total. The molecule has 1 aliphatic carbocycles. The second kappa shape index (κ2) is 3.92. The summed E-state index contributed by atoms with van der Waals surface area (Å²) in [4.78, 5) is 27.3. The molecule has 0 saturated heterocycles. The van der Waals surface area contributed by atoms with Crippen LogP contribution in [0, 0.1) is 10.1 Å². The molecule has 0 aromatic carbocycles. The molecule has 7 heteroatoms. The molecule has 16 heavy (non-hydrogen) atoms. The molecule has 1 amide bonds. The van der Waals surface area contributed by atoms with Gasteiger partial charge in [-0.2, -0.15) is 0 Å². The van der Waals surface area contributed by atoms with Gasteiger partial charge in [0.1, 0.15) is 6.20 Å². The standard InChI is InChI=1S/C9H12N4O3/c1-5(14)11-7-2-6(3-7)9-10-4-8(12-9)13(15)16/h4,6-7H,2-3H2,1H3,(H,10,12)(H,11,14). The SMILES string of the molecule is CC(=O)NC1CC(c2ncc([N+](=O)[O-])[nH]2)C1. The van der Waals surface area contributed by atoms with E-state index < -0.39 is 4.92 Å². The zero-order valence-electron chi connectivity index (χ0n) is 8.77. The molecule has 0 aliphatic heterocycles. The monoisotopic (exact) mass is 224 g/mol. The first-order chi connectivity index (χ1) is 7.56. The molecule has 0 radical (unpaired) electrons. The first-order valence-corrected chi connectivity index (χ1v) is 5.02. The molecule has 86 valence electrons. The van der Waals surface area contributed by atoms with Gasteiger partial charge < -0.3 is 15.4 Å². The van der Waals surface area contributed by atoms with Gasteiger partial charge in [0.2, 0.25) is 5.91 Å². The topological polar surface area (TPSA) is 101 Å². The Morgan fingerprint density at radius 2 is 2.38 bits per heavy atom. The second-order valence-corrected chi connectivity index (χ2v) is 3.98. The average Bonchev–Trinajstić information content (AvgIpc) is 2.58. The van der Waals surface area contributed by atoms with Crippen LogP contribution in [0.5, 0.6) is 0 Å². The fourth-order valence-corrected chi connectivity index (χ4v) is 1.87. The van der Waals surface area contributed by atoms with Crippen LogP contribution in [0.25, 0.3) is 0 Å². The first kappa shape index (κ1) is 10.6. The average molecular weight is 224 g/mol. The van der Waals surface area contributed by atoms with Crippen molar-refractivity contribution < 1.29 is 9.72 Å². The van der Waals surface area contributed by atoms with Crippen LogP contribution in [-0.2, 0) is 4.79 Å². The van der Waals surface area contributed by atoms with Gasteiger partial charge in [0.05, 0.1) is 0 Å². The third-order valence-corrected chi connectivity index (χ3v) is 2.71. The van der Waals surface area contributed by atoms with Crippen molar-refractivity contribution in [2.24, 2.45) is 0 Å². The fourth-order valence-electron chi connectivity index (χ4n) is 1.87. The molecule has 0 atom stereocenters. The number of rotatable bonds is 3. The molecule has 1 aliphatic rings. The van der Waals surface area contributed by atoms with E-state index in [1.807, 2.05) is 0 Å². The number of nitrogens with one attached hydrogen (secondary N) is 2. The number of hydrogen-bond donors (Lipinski definition) is 2. The zero-order chi connectivity index (χ0) is 11.7. The van der Waals surface area contributed by atoms with E-state index in [2.05, 4.69) is 15.3 Å². The van der Waals surface area contributed by atoms with E-state index in [-0.39, 0.29) is 23.7 Å². The highest BCUT2D eigenvalue weighted by atomic mass is 16.6. The molecule has 0 unspecified atom stereocenters. The molecule has 1 fully saturated rings. The van der Waals surface area contributed by atoms with Gasteiger partial charge in [0.15, 0.2) is 5.82 Å². The van der Waals surface area contributed by atoms with Crippen LogP contribution in [0.3, 0.4) is 0 Å². The number of imidazole rings is 1. The van der Waals surface area contributed by atoms with E-state index in [1.165, 1.54) is 13.1 Å². The summed E-state index contributed by atoms with van der Waals surface area (Å²) in [6.07, 6.45) is 2.79. The maximum absolute atomic E-state index is 10.8. The van der Waals surface area contributed by atoms with E-state index in [9.17, 15) is 14.9 Å². The van der Waals surface area contributed by atoms with Crippen molar-refractivity contribution in [1.82, 2.24) is 15.3 Å². The Morgan fingerprint density at radius 1 is 1.69 bits per heavy atom. The van der Waals surface area contributed by atoms with Gasteiger partial charge in [-0.05, 0) is 17.8 Å². The number of hydrogen-bond acceptors (Lipinski definition) is 4. The van der Waals surface area contributed by atoms with Crippen molar-refractivity contribution in [2.45, 2.75) is 31.7 Å². The minimum Gasteiger partial charge on any atom is -0.358 e. The highest BCUT2D eigenvalue weighted by molar-refractivity contribution is 5.73. The van der Waals surface area contributed by atoms with Gasteiger partial charge in [-0.3, -0.25) is 4.79 Å². The molecule has 0 spiro atoms. The molecular weight excluding hydrogens is 212 g/mol. The van der Waals surface area contributed by atoms with E-state index >= 15 is 0 Å². The Labute approximate surface area is 91.4 Å². The van der Waals surface area contributed by atoms with Crippen LogP contribution in [0.15, 0.2) is 6.20 Å². The van der Waals surface area contributed by atoms with Gasteiger partial charge in [-0.25, -0.2) is 9.97 Å². The predicted molar refractivity (Wildman–Crippen MR) is 54.8 cm³/mol. The number of aromatic amines is 1. The van der Waals surface area contributed by atoms with E-state index in [1.54, 1.807) is 0 Å². The molecule has 1 heterocycles. The van der Waals surface area contributed by atoms with Crippen LogP contribution in [0.4, 0.5) is 5.82 Å². The van der Waals surface area contributed by atoms with Crippen molar-refractivity contribution >= 4 is 11.7 Å².